The average molecular weight is 312 g/mol. The van der Waals surface area contributed by atoms with Crippen LogP contribution >= 0.6 is 0 Å². The van der Waals surface area contributed by atoms with Gasteiger partial charge in [0.2, 0.25) is 11.8 Å². The van der Waals surface area contributed by atoms with Crippen molar-refractivity contribution in [3.8, 4) is 11.6 Å². The van der Waals surface area contributed by atoms with Crippen molar-refractivity contribution in [3.63, 3.8) is 0 Å². The van der Waals surface area contributed by atoms with Gasteiger partial charge in [-0.05, 0) is 18.2 Å². The summed E-state index contributed by atoms with van der Waals surface area (Å²) in [6.07, 6.45) is 1.81. The van der Waals surface area contributed by atoms with Gasteiger partial charge in [-0.15, -0.1) is 0 Å². The molecule has 118 valence electrons. The minimum atomic E-state index is -0.423. The summed E-state index contributed by atoms with van der Waals surface area (Å²) < 4.78 is 10.4. The molecule has 23 heavy (non-hydrogen) atoms. The fourth-order valence-electron chi connectivity index (χ4n) is 2.52. The zero-order valence-electron chi connectivity index (χ0n) is 12.6. The lowest BCUT2D eigenvalue weighted by Crippen LogP contribution is -2.26. The van der Waals surface area contributed by atoms with Gasteiger partial charge in [0, 0.05) is 37.0 Å². The van der Waals surface area contributed by atoms with Crippen LogP contribution in [0.2, 0.25) is 0 Å². The van der Waals surface area contributed by atoms with Crippen LogP contribution in [0.5, 0.6) is 11.6 Å². The highest BCUT2D eigenvalue weighted by molar-refractivity contribution is 5.99. The van der Waals surface area contributed by atoms with Crippen molar-refractivity contribution in [1.82, 2.24) is 4.98 Å². The Labute approximate surface area is 133 Å². The van der Waals surface area contributed by atoms with Crippen LogP contribution in [0.15, 0.2) is 48.7 Å². The normalized spacial score (nSPS) is 17.2. The van der Waals surface area contributed by atoms with Crippen molar-refractivity contribution in [1.29, 1.82) is 0 Å². The number of carbonyl (C=O) groups is 2. The van der Waals surface area contributed by atoms with E-state index in [0.29, 0.717) is 23.9 Å². The third kappa shape index (κ3) is 3.31. The first-order chi connectivity index (χ1) is 11.2. The van der Waals surface area contributed by atoms with E-state index >= 15 is 0 Å². The molecule has 0 spiro atoms. The summed E-state index contributed by atoms with van der Waals surface area (Å²) in [5.74, 6) is 0.172. The van der Waals surface area contributed by atoms with Gasteiger partial charge in [0.25, 0.3) is 0 Å². The lowest BCUT2D eigenvalue weighted by Gasteiger charge is -2.17. The molecule has 1 fully saturated rings. The molecule has 1 aliphatic rings. The van der Waals surface area contributed by atoms with Gasteiger partial charge >= 0.3 is 5.97 Å². The van der Waals surface area contributed by atoms with Gasteiger partial charge in [-0.1, -0.05) is 12.1 Å². The first-order valence-corrected chi connectivity index (χ1v) is 7.24. The molecule has 0 bridgehead atoms. The smallest absolute Gasteiger partial charge is 0.311 e. The summed E-state index contributed by atoms with van der Waals surface area (Å²) in [4.78, 5) is 29.4. The number of pyridine rings is 1. The molecule has 1 aromatic heterocycles. The lowest BCUT2D eigenvalue weighted by molar-refractivity contribution is -0.145. The number of methoxy groups -OCH3 is 1. The largest absolute Gasteiger partial charge is 0.469 e. The monoisotopic (exact) mass is 312 g/mol. The molecule has 2 aromatic rings. The molecule has 1 atom stereocenters. The van der Waals surface area contributed by atoms with E-state index in [0.717, 1.165) is 0 Å². The van der Waals surface area contributed by atoms with Crippen LogP contribution in [0.1, 0.15) is 6.42 Å². The second kappa shape index (κ2) is 6.48. The van der Waals surface area contributed by atoms with Gasteiger partial charge in [-0.3, -0.25) is 9.59 Å². The Kier molecular flexibility index (Phi) is 4.23. The summed E-state index contributed by atoms with van der Waals surface area (Å²) in [5.41, 5.74) is 0.690. The third-order valence-electron chi connectivity index (χ3n) is 3.65. The van der Waals surface area contributed by atoms with Crippen LogP contribution in [-0.2, 0) is 14.3 Å². The lowest BCUT2D eigenvalue weighted by atomic mass is 10.1. The van der Waals surface area contributed by atoms with E-state index in [1.165, 1.54) is 7.11 Å². The highest BCUT2D eigenvalue weighted by Gasteiger charge is 2.35. The molecular weight excluding hydrogens is 296 g/mol. The Balaban J connectivity index is 1.77. The summed E-state index contributed by atoms with van der Waals surface area (Å²) in [7, 11) is 1.33. The van der Waals surface area contributed by atoms with E-state index in [4.69, 9.17) is 9.47 Å². The highest BCUT2D eigenvalue weighted by Crippen LogP contribution is 2.29. The van der Waals surface area contributed by atoms with Crippen LogP contribution in [0.4, 0.5) is 5.69 Å². The van der Waals surface area contributed by atoms with E-state index in [9.17, 15) is 9.59 Å². The number of nitrogens with zero attached hydrogens (tertiary/aromatic N) is 2. The number of hydrogen-bond donors (Lipinski definition) is 0. The summed E-state index contributed by atoms with van der Waals surface area (Å²) in [6, 6.07) is 12.5. The first kappa shape index (κ1) is 15.0. The van der Waals surface area contributed by atoms with E-state index in [1.807, 2.05) is 12.1 Å². The number of carbonyl (C=O) groups excluding carboxylic acids is 2. The summed E-state index contributed by atoms with van der Waals surface area (Å²) in [5, 5.41) is 0. The standard InChI is InChI=1S/C17H16N2O4/c1-22-17(21)12-9-16(20)19(11-12)13-5-4-6-14(10-13)23-15-7-2-3-8-18-15/h2-8,10,12H,9,11H2,1H3. The Bertz CT molecular complexity index is 718. The van der Waals surface area contributed by atoms with Crippen LogP contribution in [0.25, 0.3) is 0 Å². The van der Waals surface area contributed by atoms with Gasteiger partial charge in [0.15, 0.2) is 0 Å². The molecule has 0 saturated carbocycles. The van der Waals surface area contributed by atoms with Crippen LogP contribution in [-0.4, -0.2) is 30.5 Å². The number of ether oxygens (including phenoxy) is 2. The van der Waals surface area contributed by atoms with Crippen LogP contribution < -0.4 is 9.64 Å². The van der Waals surface area contributed by atoms with Gasteiger partial charge in [-0.2, -0.15) is 0 Å². The number of aromatic nitrogens is 1. The van der Waals surface area contributed by atoms with Gasteiger partial charge in [0.1, 0.15) is 5.75 Å². The maximum absolute atomic E-state index is 12.1. The minimum absolute atomic E-state index is 0.101. The second-order valence-electron chi connectivity index (χ2n) is 5.20. The fourth-order valence-corrected chi connectivity index (χ4v) is 2.52. The third-order valence-corrected chi connectivity index (χ3v) is 3.65. The molecule has 1 saturated heterocycles. The fraction of sp³-hybridized carbons (Fsp3) is 0.235. The molecule has 3 rings (SSSR count). The molecule has 1 unspecified atom stereocenters. The average Bonchev–Trinajstić information content (AvgIpc) is 2.97. The molecule has 2 heterocycles. The number of rotatable bonds is 4. The zero-order valence-corrected chi connectivity index (χ0v) is 12.6. The molecule has 1 amide bonds. The molecule has 0 aliphatic carbocycles. The van der Waals surface area contributed by atoms with E-state index < -0.39 is 5.92 Å². The predicted octanol–water partition coefficient (Wildman–Crippen LogP) is 2.40. The van der Waals surface area contributed by atoms with Gasteiger partial charge in [-0.25, -0.2) is 4.98 Å². The number of hydrogen-bond acceptors (Lipinski definition) is 5. The van der Waals surface area contributed by atoms with Crippen molar-refractivity contribution in [2.24, 2.45) is 5.92 Å². The van der Waals surface area contributed by atoms with Crippen molar-refractivity contribution in [3.05, 3.63) is 48.7 Å². The molecule has 6 heteroatoms. The quantitative estimate of drug-likeness (QED) is 0.811. The minimum Gasteiger partial charge on any atom is -0.469 e. The second-order valence-corrected chi connectivity index (χ2v) is 5.20. The Hall–Kier alpha value is -2.89. The number of benzene rings is 1. The van der Waals surface area contributed by atoms with Gasteiger partial charge in [0.05, 0.1) is 13.0 Å². The van der Waals surface area contributed by atoms with Crippen molar-refractivity contribution in [2.45, 2.75) is 6.42 Å². The summed E-state index contributed by atoms with van der Waals surface area (Å²) >= 11 is 0. The maximum Gasteiger partial charge on any atom is 0.311 e. The van der Waals surface area contributed by atoms with E-state index in [1.54, 1.807) is 41.4 Å². The molecule has 1 aliphatic heterocycles. The predicted molar refractivity (Wildman–Crippen MR) is 83.2 cm³/mol. The zero-order chi connectivity index (χ0) is 16.2. The molecule has 0 N–H and O–H groups in total. The maximum atomic E-state index is 12.1. The molecule has 6 nitrogen and oxygen atoms in total. The SMILES string of the molecule is COC(=O)C1CC(=O)N(c2cccc(Oc3ccccn3)c2)C1. The van der Waals surface area contributed by atoms with Crippen molar-refractivity contribution < 1.29 is 19.1 Å². The highest BCUT2D eigenvalue weighted by atomic mass is 16.5. The Morgan fingerprint density at radius 1 is 1.26 bits per heavy atom. The van der Waals surface area contributed by atoms with Crippen LogP contribution in [0.3, 0.4) is 0 Å². The van der Waals surface area contributed by atoms with Crippen molar-refractivity contribution in [2.75, 3.05) is 18.6 Å². The number of anilines is 1. The Morgan fingerprint density at radius 2 is 2.13 bits per heavy atom. The van der Waals surface area contributed by atoms with Crippen molar-refractivity contribution >= 4 is 17.6 Å². The molecule has 1 aromatic carbocycles. The van der Waals surface area contributed by atoms with E-state index in [2.05, 4.69) is 4.98 Å². The van der Waals surface area contributed by atoms with Gasteiger partial charge < -0.3 is 14.4 Å². The Morgan fingerprint density at radius 3 is 2.87 bits per heavy atom. The molecular formula is C17H16N2O4. The number of amides is 1. The van der Waals surface area contributed by atoms with E-state index in [-0.39, 0.29) is 18.3 Å². The van der Waals surface area contributed by atoms with Crippen LogP contribution in [0, 0.1) is 5.92 Å². The topological polar surface area (TPSA) is 68.7 Å². The number of esters is 1. The first-order valence-electron chi connectivity index (χ1n) is 7.24. The molecule has 0 radical (unpaired) electrons. The summed E-state index contributed by atoms with van der Waals surface area (Å²) in [6.45, 7) is 0.318.